The Morgan fingerprint density at radius 3 is 2.63 bits per heavy atom. The smallest absolute Gasteiger partial charge is 0.243 e. The van der Waals surface area contributed by atoms with E-state index in [-0.39, 0.29) is 17.9 Å². The van der Waals surface area contributed by atoms with Gasteiger partial charge < -0.3 is 15.5 Å². The Morgan fingerprint density at radius 2 is 1.96 bits per heavy atom. The number of phenolic OH excluding ortho intramolecular Hbond substituents is 2. The van der Waals surface area contributed by atoms with Crippen molar-refractivity contribution in [2.45, 2.75) is 13.3 Å². The molecule has 27 heavy (non-hydrogen) atoms. The van der Waals surface area contributed by atoms with E-state index >= 15 is 0 Å². The number of aryl methyl sites for hydroxylation is 1. The van der Waals surface area contributed by atoms with Gasteiger partial charge in [-0.15, -0.1) is 11.3 Å². The van der Waals surface area contributed by atoms with Gasteiger partial charge >= 0.3 is 0 Å². The number of nitrogens with one attached hydrogen (secondary N) is 1. The highest BCUT2D eigenvalue weighted by atomic mass is 32.1. The molecule has 0 bridgehead atoms. The van der Waals surface area contributed by atoms with E-state index < -0.39 is 11.8 Å². The van der Waals surface area contributed by atoms with E-state index in [9.17, 15) is 20.3 Å². The fraction of sp³-hybridized carbons (Fsp3) is 0.150. The van der Waals surface area contributed by atoms with Crippen LogP contribution in [0.3, 0.4) is 0 Å². The largest absolute Gasteiger partial charge is 0.504 e. The van der Waals surface area contributed by atoms with E-state index in [1.807, 2.05) is 42.6 Å². The molecule has 0 saturated heterocycles. The Kier molecular flexibility index (Phi) is 5.38. The maximum Gasteiger partial charge on any atom is 0.243 e. The maximum absolute atomic E-state index is 12.4. The number of aromatic nitrogens is 1. The molecule has 3 rings (SSSR count). The Labute approximate surface area is 160 Å². The molecule has 0 aliphatic heterocycles. The summed E-state index contributed by atoms with van der Waals surface area (Å²) in [5.41, 5.74) is 3.44. The van der Waals surface area contributed by atoms with Gasteiger partial charge in [0.05, 0.1) is 11.8 Å². The topological polar surface area (TPSA) is 106 Å². The monoisotopic (exact) mass is 379 g/mol. The number of amides is 1. The highest BCUT2D eigenvalue weighted by Crippen LogP contribution is 2.27. The molecule has 0 aliphatic carbocycles. The Bertz CT molecular complexity index is 1010. The van der Waals surface area contributed by atoms with Crippen molar-refractivity contribution < 1.29 is 15.0 Å². The summed E-state index contributed by atoms with van der Waals surface area (Å²) >= 11 is 1.29. The summed E-state index contributed by atoms with van der Waals surface area (Å²) in [4.78, 5) is 16.8. The number of hydrogen-bond donors (Lipinski definition) is 3. The maximum atomic E-state index is 12.4. The number of thiazole rings is 1. The first-order chi connectivity index (χ1) is 13.0. The van der Waals surface area contributed by atoms with E-state index in [4.69, 9.17) is 0 Å². The normalized spacial score (nSPS) is 11.6. The molecule has 6 nitrogen and oxygen atoms in total. The second kappa shape index (κ2) is 7.89. The molecule has 0 spiro atoms. The van der Waals surface area contributed by atoms with Gasteiger partial charge in [-0.05, 0) is 31.0 Å². The van der Waals surface area contributed by atoms with Crippen LogP contribution < -0.4 is 5.32 Å². The molecule has 0 aliphatic rings. The summed E-state index contributed by atoms with van der Waals surface area (Å²) in [6, 6.07) is 14.1. The Hall–Kier alpha value is -3.37. The molecule has 1 unspecified atom stereocenters. The van der Waals surface area contributed by atoms with Crippen LogP contribution in [0.1, 0.15) is 11.1 Å². The Morgan fingerprint density at radius 1 is 1.22 bits per heavy atom. The third kappa shape index (κ3) is 4.43. The van der Waals surface area contributed by atoms with Gasteiger partial charge in [-0.1, -0.05) is 35.9 Å². The lowest BCUT2D eigenvalue weighted by Crippen LogP contribution is -2.23. The van der Waals surface area contributed by atoms with Crippen molar-refractivity contribution in [3.63, 3.8) is 0 Å². The molecule has 1 aromatic heterocycles. The van der Waals surface area contributed by atoms with Gasteiger partial charge in [0, 0.05) is 10.9 Å². The first kappa shape index (κ1) is 18.4. The molecule has 1 heterocycles. The molecule has 7 heteroatoms. The molecular formula is C20H17N3O3S. The van der Waals surface area contributed by atoms with Crippen LogP contribution in [0.25, 0.3) is 11.3 Å². The van der Waals surface area contributed by atoms with Crippen molar-refractivity contribution in [1.82, 2.24) is 4.98 Å². The third-order valence-electron chi connectivity index (χ3n) is 4.03. The van der Waals surface area contributed by atoms with Crippen LogP contribution in [-0.2, 0) is 11.2 Å². The number of anilines is 1. The van der Waals surface area contributed by atoms with Gasteiger partial charge in [0.25, 0.3) is 0 Å². The van der Waals surface area contributed by atoms with Gasteiger partial charge in [-0.25, -0.2) is 4.98 Å². The summed E-state index contributed by atoms with van der Waals surface area (Å²) in [7, 11) is 0. The molecule has 136 valence electrons. The molecule has 3 aromatic rings. The summed E-state index contributed by atoms with van der Waals surface area (Å²) in [5, 5.41) is 33.2. The van der Waals surface area contributed by atoms with Crippen molar-refractivity contribution in [3.05, 3.63) is 59.0 Å². The second-order valence-electron chi connectivity index (χ2n) is 6.10. The van der Waals surface area contributed by atoms with E-state index in [0.717, 1.165) is 16.8 Å². The van der Waals surface area contributed by atoms with Crippen LogP contribution in [0.15, 0.2) is 47.8 Å². The SMILES string of the molecule is Cc1ccc(-c2csc(NC(=O)C(C#N)Cc3ccc(O)c(O)c3)n2)cc1. The van der Waals surface area contributed by atoms with Gasteiger partial charge in [-0.2, -0.15) is 5.26 Å². The van der Waals surface area contributed by atoms with E-state index in [2.05, 4.69) is 10.3 Å². The van der Waals surface area contributed by atoms with Crippen LogP contribution in [0.4, 0.5) is 5.13 Å². The second-order valence-corrected chi connectivity index (χ2v) is 6.96. The molecule has 0 fully saturated rings. The number of hydrogen-bond acceptors (Lipinski definition) is 6. The standard InChI is InChI=1S/C20H17N3O3S/c1-12-2-5-14(6-3-12)16-11-27-20(22-16)23-19(26)15(10-21)8-13-4-7-17(24)18(25)9-13/h2-7,9,11,15,24-25H,8H2,1H3,(H,22,23,26). The summed E-state index contributed by atoms with van der Waals surface area (Å²) in [6.07, 6.45) is 0.117. The highest BCUT2D eigenvalue weighted by molar-refractivity contribution is 7.14. The molecule has 0 radical (unpaired) electrons. The van der Waals surface area contributed by atoms with Crippen molar-refractivity contribution >= 4 is 22.4 Å². The summed E-state index contributed by atoms with van der Waals surface area (Å²) in [6.45, 7) is 2.01. The summed E-state index contributed by atoms with van der Waals surface area (Å²) in [5.74, 6) is -1.94. The number of phenols is 2. The van der Waals surface area contributed by atoms with Crippen LogP contribution in [0.5, 0.6) is 11.5 Å². The zero-order valence-corrected chi connectivity index (χ0v) is 15.3. The molecule has 2 aromatic carbocycles. The minimum absolute atomic E-state index is 0.117. The van der Waals surface area contributed by atoms with Gasteiger partial charge in [0.15, 0.2) is 16.6 Å². The summed E-state index contributed by atoms with van der Waals surface area (Å²) < 4.78 is 0. The van der Waals surface area contributed by atoms with Crippen molar-refractivity contribution in [2.24, 2.45) is 5.92 Å². The lowest BCUT2D eigenvalue weighted by molar-refractivity contribution is -0.118. The predicted molar refractivity (Wildman–Crippen MR) is 103 cm³/mol. The molecule has 0 saturated carbocycles. The van der Waals surface area contributed by atoms with E-state index in [0.29, 0.717) is 10.7 Å². The van der Waals surface area contributed by atoms with Crippen LogP contribution in [0.2, 0.25) is 0 Å². The van der Waals surface area contributed by atoms with Crippen molar-refractivity contribution in [2.75, 3.05) is 5.32 Å². The highest BCUT2D eigenvalue weighted by Gasteiger charge is 2.20. The van der Waals surface area contributed by atoms with E-state index in [1.54, 1.807) is 6.07 Å². The van der Waals surface area contributed by atoms with Gasteiger partial charge in [0.2, 0.25) is 5.91 Å². The van der Waals surface area contributed by atoms with Crippen molar-refractivity contribution in [3.8, 4) is 28.8 Å². The minimum Gasteiger partial charge on any atom is -0.504 e. The molecule has 1 amide bonds. The number of carbonyl (C=O) groups excluding carboxylic acids is 1. The van der Waals surface area contributed by atoms with Gasteiger partial charge in [-0.3, -0.25) is 4.79 Å². The number of rotatable bonds is 5. The first-order valence-corrected chi connectivity index (χ1v) is 9.08. The zero-order valence-electron chi connectivity index (χ0n) is 14.5. The lowest BCUT2D eigenvalue weighted by atomic mass is 9.99. The van der Waals surface area contributed by atoms with Gasteiger partial charge in [0.1, 0.15) is 5.92 Å². The Balaban J connectivity index is 1.69. The number of nitriles is 1. The number of carbonyl (C=O) groups is 1. The lowest BCUT2D eigenvalue weighted by Gasteiger charge is -2.09. The fourth-order valence-electron chi connectivity index (χ4n) is 2.51. The number of aromatic hydroxyl groups is 2. The molecule has 3 N–H and O–H groups in total. The average Bonchev–Trinajstić information content (AvgIpc) is 3.11. The molecule has 1 atom stereocenters. The number of nitrogens with zero attached hydrogens (tertiary/aromatic N) is 2. The molecular weight excluding hydrogens is 362 g/mol. The first-order valence-electron chi connectivity index (χ1n) is 8.20. The third-order valence-corrected chi connectivity index (χ3v) is 4.79. The van der Waals surface area contributed by atoms with Crippen molar-refractivity contribution in [1.29, 1.82) is 5.26 Å². The minimum atomic E-state index is -0.944. The van der Waals surface area contributed by atoms with E-state index in [1.165, 1.54) is 23.5 Å². The average molecular weight is 379 g/mol. The number of benzene rings is 2. The van der Waals surface area contributed by atoms with Crippen LogP contribution >= 0.6 is 11.3 Å². The van der Waals surface area contributed by atoms with Crippen LogP contribution in [0, 0.1) is 24.2 Å². The quantitative estimate of drug-likeness (QED) is 0.584. The van der Waals surface area contributed by atoms with Crippen LogP contribution in [-0.4, -0.2) is 21.1 Å². The zero-order chi connectivity index (χ0) is 19.4. The predicted octanol–water partition coefficient (Wildman–Crippen LogP) is 3.85. The fourth-order valence-corrected chi connectivity index (χ4v) is 3.23.